The summed E-state index contributed by atoms with van der Waals surface area (Å²) in [7, 11) is 1.61. The van der Waals surface area contributed by atoms with Gasteiger partial charge >= 0.3 is 0 Å². The third-order valence-corrected chi connectivity index (χ3v) is 6.55. The van der Waals surface area contributed by atoms with Crippen molar-refractivity contribution in [3.8, 4) is 29.0 Å². The van der Waals surface area contributed by atoms with Crippen molar-refractivity contribution in [2.45, 2.75) is 23.7 Å². The summed E-state index contributed by atoms with van der Waals surface area (Å²) in [6.07, 6.45) is 0. The van der Waals surface area contributed by atoms with Crippen LogP contribution in [0, 0.1) is 22.7 Å². The number of nitrogen functional groups attached to an aromatic ring is 1. The third kappa shape index (κ3) is 5.45. The fourth-order valence-electron chi connectivity index (χ4n) is 3.03. The first-order chi connectivity index (χ1) is 14.9. The van der Waals surface area contributed by atoms with Crippen LogP contribution in [-0.4, -0.2) is 35.9 Å². The highest BCUT2D eigenvalue weighted by Crippen LogP contribution is 2.38. The maximum atomic E-state index is 9.92. The topological polar surface area (TPSA) is 117 Å². The van der Waals surface area contributed by atoms with Crippen LogP contribution in [0.5, 0.6) is 5.75 Å². The molecule has 2 aromatic rings. The molecule has 31 heavy (non-hydrogen) atoms. The molecule has 3 N–H and O–H groups in total. The molecule has 0 spiro atoms. The molecule has 9 heteroatoms. The zero-order chi connectivity index (χ0) is 22.4. The van der Waals surface area contributed by atoms with Crippen molar-refractivity contribution < 1.29 is 9.47 Å². The molecule has 7 nitrogen and oxygen atoms in total. The Morgan fingerprint density at radius 2 is 1.87 bits per heavy atom. The molecule has 0 amide bonds. The van der Waals surface area contributed by atoms with Gasteiger partial charge in [-0.25, -0.2) is 4.98 Å². The average molecular weight is 454 g/mol. The van der Waals surface area contributed by atoms with E-state index in [9.17, 15) is 10.5 Å². The van der Waals surface area contributed by atoms with Crippen LogP contribution in [0.15, 0.2) is 40.4 Å². The van der Waals surface area contributed by atoms with Crippen molar-refractivity contribution in [2.24, 2.45) is 0 Å². The molecule has 0 unspecified atom stereocenters. The molecule has 0 aliphatic carbocycles. The minimum Gasteiger partial charge on any atom is -0.491 e. The molecule has 1 aliphatic rings. The van der Waals surface area contributed by atoms with E-state index >= 15 is 0 Å². The number of pyridine rings is 1. The molecule has 0 bridgehead atoms. The van der Waals surface area contributed by atoms with Crippen molar-refractivity contribution in [2.75, 3.05) is 31.8 Å². The standard InChI is InChI=1S/C22H23N5O2S2/c1-22(2)27-15(13-31-22)12-30-21-18(11-24)19(17(10-23)20(25)26-21)14-4-6-16(7-5-14)29-9-8-28-3/h4-7,13,27H,8-9,12H2,1-3H3,(H2,25,26). The Bertz CT molecular complexity index is 1070. The lowest BCUT2D eigenvalue weighted by Gasteiger charge is -2.19. The second-order valence-electron chi connectivity index (χ2n) is 7.20. The van der Waals surface area contributed by atoms with Crippen LogP contribution in [-0.2, 0) is 4.74 Å². The summed E-state index contributed by atoms with van der Waals surface area (Å²) in [5.41, 5.74) is 8.90. The number of hydrogen-bond donors (Lipinski definition) is 2. The first-order valence-electron chi connectivity index (χ1n) is 9.52. The van der Waals surface area contributed by atoms with Gasteiger partial charge in [-0.3, -0.25) is 0 Å². The molecular formula is C22H23N5O2S2. The van der Waals surface area contributed by atoms with E-state index in [1.807, 2.05) is 12.1 Å². The summed E-state index contributed by atoms with van der Waals surface area (Å²) < 4.78 is 10.6. The van der Waals surface area contributed by atoms with E-state index in [0.717, 1.165) is 5.70 Å². The van der Waals surface area contributed by atoms with E-state index in [2.05, 4.69) is 41.7 Å². The number of nitrogens with two attached hydrogens (primary N) is 1. The third-order valence-electron chi connectivity index (χ3n) is 4.44. The summed E-state index contributed by atoms with van der Waals surface area (Å²) >= 11 is 3.13. The number of benzene rings is 1. The largest absolute Gasteiger partial charge is 0.491 e. The lowest BCUT2D eigenvalue weighted by Crippen LogP contribution is -2.30. The SMILES string of the molecule is COCCOc1ccc(-c2c(C#N)c(N)nc(SCC3=CSC(C)(C)N3)c2C#N)cc1. The maximum Gasteiger partial charge on any atom is 0.143 e. The maximum absolute atomic E-state index is 9.92. The van der Waals surface area contributed by atoms with Crippen LogP contribution in [0.2, 0.25) is 0 Å². The lowest BCUT2D eigenvalue weighted by molar-refractivity contribution is 0.146. The molecule has 160 valence electrons. The molecule has 0 atom stereocenters. The van der Waals surface area contributed by atoms with Gasteiger partial charge < -0.3 is 20.5 Å². The van der Waals surface area contributed by atoms with Crippen molar-refractivity contribution >= 4 is 29.3 Å². The molecule has 0 saturated heterocycles. The monoisotopic (exact) mass is 453 g/mol. The minimum atomic E-state index is -0.0523. The molecule has 0 radical (unpaired) electrons. The predicted octanol–water partition coefficient (Wildman–Crippen LogP) is 4.11. The Kier molecular flexibility index (Phi) is 7.34. The molecule has 3 rings (SSSR count). The molecule has 0 fully saturated rings. The van der Waals surface area contributed by atoms with E-state index in [0.29, 0.717) is 46.4 Å². The van der Waals surface area contributed by atoms with E-state index in [-0.39, 0.29) is 16.3 Å². The number of aromatic nitrogens is 1. The Morgan fingerprint density at radius 3 is 2.45 bits per heavy atom. The van der Waals surface area contributed by atoms with Crippen molar-refractivity contribution in [1.82, 2.24) is 10.3 Å². The number of nitrogens with one attached hydrogen (secondary N) is 1. The van der Waals surface area contributed by atoms with Crippen molar-refractivity contribution in [3.63, 3.8) is 0 Å². The number of anilines is 1. The second kappa shape index (κ2) is 9.97. The number of thioether (sulfide) groups is 2. The summed E-state index contributed by atoms with van der Waals surface area (Å²) in [5.74, 6) is 1.41. The Hall–Kier alpha value is -2.85. The van der Waals surface area contributed by atoms with E-state index in [1.54, 1.807) is 31.0 Å². The van der Waals surface area contributed by atoms with Gasteiger partial charge in [0.05, 0.1) is 17.0 Å². The van der Waals surface area contributed by atoms with E-state index in [4.69, 9.17) is 15.2 Å². The zero-order valence-corrected chi connectivity index (χ0v) is 19.2. The number of ether oxygens (including phenoxy) is 2. The van der Waals surface area contributed by atoms with E-state index < -0.39 is 0 Å². The van der Waals surface area contributed by atoms with Gasteiger partial charge in [0, 0.05) is 24.1 Å². The summed E-state index contributed by atoms with van der Waals surface area (Å²) in [4.78, 5) is 4.31. The predicted molar refractivity (Wildman–Crippen MR) is 124 cm³/mol. The molecule has 1 aromatic heterocycles. The summed E-state index contributed by atoms with van der Waals surface area (Å²) in [5, 5.41) is 25.6. The van der Waals surface area contributed by atoms with Gasteiger partial charge in [0.25, 0.3) is 0 Å². The fraction of sp³-hybridized carbons (Fsp3) is 0.318. The summed E-state index contributed by atoms with van der Waals surface area (Å²) in [6, 6.07) is 11.6. The lowest BCUT2D eigenvalue weighted by atomic mass is 9.97. The fourth-order valence-corrected chi connectivity index (χ4v) is 4.81. The number of hydrogen-bond acceptors (Lipinski definition) is 9. The smallest absolute Gasteiger partial charge is 0.143 e. The molecule has 0 saturated carbocycles. The zero-order valence-electron chi connectivity index (χ0n) is 17.6. The average Bonchev–Trinajstić information content (AvgIpc) is 3.11. The van der Waals surface area contributed by atoms with Crippen LogP contribution in [0.3, 0.4) is 0 Å². The molecular weight excluding hydrogens is 430 g/mol. The number of rotatable bonds is 8. The van der Waals surface area contributed by atoms with Gasteiger partial charge in [-0.1, -0.05) is 23.9 Å². The van der Waals surface area contributed by atoms with Gasteiger partial charge in [0.15, 0.2) is 0 Å². The minimum absolute atomic E-state index is 0.0523. The first-order valence-corrected chi connectivity index (χ1v) is 11.4. The Labute approximate surface area is 190 Å². The molecule has 1 aliphatic heterocycles. The van der Waals surface area contributed by atoms with Gasteiger partial charge in [-0.15, -0.1) is 11.8 Å². The Balaban J connectivity index is 1.92. The number of methoxy groups -OCH3 is 1. The highest BCUT2D eigenvalue weighted by molar-refractivity contribution is 8.03. The highest BCUT2D eigenvalue weighted by atomic mass is 32.2. The van der Waals surface area contributed by atoms with Crippen LogP contribution in [0.1, 0.15) is 25.0 Å². The van der Waals surface area contributed by atoms with Crippen LogP contribution in [0.4, 0.5) is 5.82 Å². The van der Waals surface area contributed by atoms with Gasteiger partial charge in [-0.2, -0.15) is 10.5 Å². The first kappa shape index (κ1) is 22.8. The van der Waals surface area contributed by atoms with Gasteiger partial charge in [0.1, 0.15) is 40.9 Å². The van der Waals surface area contributed by atoms with Crippen molar-refractivity contribution in [1.29, 1.82) is 10.5 Å². The summed E-state index contributed by atoms with van der Waals surface area (Å²) in [6.45, 7) is 5.13. The number of nitrogens with zero attached hydrogens (tertiary/aromatic N) is 3. The second-order valence-corrected chi connectivity index (χ2v) is 9.66. The van der Waals surface area contributed by atoms with Gasteiger partial charge in [-0.05, 0) is 37.0 Å². The highest BCUT2D eigenvalue weighted by Gasteiger charge is 2.25. The van der Waals surface area contributed by atoms with Crippen molar-refractivity contribution in [3.05, 3.63) is 46.5 Å². The van der Waals surface area contributed by atoms with Crippen LogP contribution < -0.4 is 15.8 Å². The van der Waals surface area contributed by atoms with E-state index in [1.165, 1.54) is 11.8 Å². The van der Waals surface area contributed by atoms with Gasteiger partial charge in [0.2, 0.25) is 0 Å². The molecule has 2 heterocycles. The molecule has 1 aromatic carbocycles. The Morgan fingerprint density at radius 1 is 1.16 bits per heavy atom. The van der Waals surface area contributed by atoms with Crippen LogP contribution >= 0.6 is 23.5 Å². The quantitative estimate of drug-likeness (QED) is 0.450. The normalized spacial score (nSPS) is 14.3. The number of nitriles is 2. The van der Waals surface area contributed by atoms with Crippen LogP contribution in [0.25, 0.3) is 11.1 Å².